The molecule has 2 rings (SSSR count). The molecule has 104 valence electrons. The largest absolute Gasteiger partial charge is 0.394 e. The van der Waals surface area contributed by atoms with Gasteiger partial charge in [0.2, 0.25) is 0 Å². The van der Waals surface area contributed by atoms with E-state index in [0.29, 0.717) is 5.92 Å². The highest BCUT2D eigenvalue weighted by molar-refractivity contribution is 5.74. The Labute approximate surface area is 110 Å². The number of amides is 2. The lowest BCUT2D eigenvalue weighted by molar-refractivity contribution is 0.153. The number of carbonyl (C=O) groups excluding carboxylic acids is 1. The zero-order valence-corrected chi connectivity index (χ0v) is 11.4. The van der Waals surface area contributed by atoms with E-state index < -0.39 is 0 Å². The van der Waals surface area contributed by atoms with Crippen molar-refractivity contribution in [3.8, 4) is 0 Å². The minimum Gasteiger partial charge on any atom is -0.394 e. The van der Waals surface area contributed by atoms with Crippen molar-refractivity contribution in [2.75, 3.05) is 19.7 Å². The molecule has 0 aromatic rings. The van der Waals surface area contributed by atoms with Crippen LogP contribution in [0.3, 0.4) is 0 Å². The van der Waals surface area contributed by atoms with Crippen molar-refractivity contribution in [2.24, 2.45) is 11.8 Å². The van der Waals surface area contributed by atoms with E-state index in [2.05, 4.69) is 12.2 Å². The first-order valence-electron chi connectivity index (χ1n) is 7.37. The Balaban J connectivity index is 1.77. The average molecular weight is 254 g/mol. The van der Waals surface area contributed by atoms with Gasteiger partial charge in [0.25, 0.3) is 0 Å². The quantitative estimate of drug-likeness (QED) is 0.809. The van der Waals surface area contributed by atoms with Crippen LogP contribution in [0.1, 0.15) is 45.4 Å². The van der Waals surface area contributed by atoms with Crippen LogP contribution in [-0.2, 0) is 0 Å². The lowest BCUT2D eigenvalue weighted by Gasteiger charge is -2.30. The maximum absolute atomic E-state index is 12.1. The summed E-state index contributed by atoms with van der Waals surface area (Å²) < 4.78 is 0. The summed E-state index contributed by atoms with van der Waals surface area (Å²) in [5, 5.41) is 12.3. The Morgan fingerprint density at radius 1 is 1.28 bits per heavy atom. The maximum atomic E-state index is 12.1. The van der Waals surface area contributed by atoms with E-state index in [4.69, 9.17) is 0 Å². The van der Waals surface area contributed by atoms with E-state index in [9.17, 15) is 9.90 Å². The van der Waals surface area contributed by atoms with Gasteiger partial charge >= 0.3 is 6.03 Å². The monoisotopic (exact) mass is 254 g/mol. The number of urea groups is 1. The van der Waals surface area contributed by atoms with Gasteiger partial charge in [-0.25, -0.2) is 4.79 Å². The molecule has 0 bridgehead atoms. The lowest BCUT2D eigenvalue weighted by atomic mass is 9.80. The van der Waals surface area contributed by atoms with Crippen LogP contribution in [0.25, 0.3) is 0 Å². The van der Waals surface area contributed by atoms with Crippen LogP contribution in [0, 0.1) is 11.8 Å². The first-order chi connectivity index (χ1) is 8.72. The topological polar surface area (TPSA) is 52.6 Å². The zero-order valence-electron chi connectivity index (χ0n) is 11.4. The van der Waals surface area contributed by atoms with E-state index in [1.165, 1.54) is 25.7 Å². The van der Waals surface area contributed by atoms with E-state index in [0.717, 1.165) is 31.8 Å². The van der Waals surface area contributed by atoms with Gasteiger partial charge in [0.1, 0.15) is 0 Å². The highest BCUT2D eigenvalue weighted by Gasteiger charge is 2.29. The number of aliphatic hydroxyl groups is 1. The van der Waals surface area contributed by atoms with Crippen LogP contribution in [-0.4, -0.2) is 41.8 Å². The molecule has 2 fully saturated rings. The van der Waals surface area contributed by atoms with Crippen molar-refractivity contribution in [3.05, 3.63) is 0 Å². The molecule has 0 aromatic heterocycles. The molecular weight excluding hydrogens is 228 g/mol. The highest BCUT2D eigenvalue weighted by Crippen LogP contribution is 2.29. The smallest absolute Gasteiger partial charge is 0.317 e. The fourth-order valence-electron chi connectivity index (χ4n) is 3.31. The van der Waals surface area contributed by atoms with Crippen molar-refractivity contribution >= 4 is 6.03 Å². The summed E-state index contributed by atoms with van der Waals surface area (Å²) in [6.45, 7) is 3.97. The van der Waals surface area contributed by atoms with Gasteiger partial charge in [-0.05, 0) is 31.1 Å². The summed E-state index contributed by atoms with van der Waals surface area (Å²) in [6, 6.07) is 0.0538. The molecular formula is C14H26N2O2. The predicted molar refractivity (Wildman–Crippen MR) is 71.3 cm³/mol. The molecule has 2 aliphatic rings. The number of hydrogen-bond acceptors (Lipinski definition) is 2. The second-order valence-electron chi connectivity index (χ2n) is 5.88. The summed E-state index contributed by atoms with van der Waals surface area (Å²) in [6.07, 6.45) is 7.12. The summed E-state index contributed by atoms with van der Waals surface area (Å²) in [5.41, 5.74) is 0. The minimum absolute atomic E-state index is 0.0179. The highest BCUT2D eigenvalue weighted by atomic mass is 16.3. The second kappa shape index (κ2) is 6.41. The van der Waals surface area contributed by atoms with Crippen molar-refractivity contribution in [1.29, 1.82) is 0 Å². The standard InChI is InChI=1S/C14H26N2O2/c1-11-5-2-3-6-12(11)9-15-14(18)16-8-4-7-13(16)10-17/h11-13,17H,2-10H2,1H3,(H,15,18). The molecule has 4 heteroatoms. The molecule has 2 N–H and O–H groups in total. The van der Waals surface area contributed by atoms with E-state index >= 15 is 0 Å². The van der Waals surface area contributed by atoms with E-state index in [1.54, 1.807) is 4.90 Å². The third kappa shape index (κ3) is 3.16. The van der Waals surface area contributed by atoms with Crippen LogP contribution < -0.4 is 5.32 Å². The third-order valence-electron chi connectivity index (χ3n) is 4.65. The number of nitrogens with one attached hydrogen (secondary N) is 1. The fraction of sp³-hybridized carbons (Fsp3) is 0.929. The van der Waals surface area contributed by atoms with Crippen molar-refractivity contribution in [3.63, 3.8) is 0 Å². The Morgan fingerprint density at radius 2 is 2.06 bits per heavy atom. The van der Waals surface area contributed by atoms with Crippen LogP contribution in [0.15, 0.2) is 0 Å². The molecule has 2 amide bonds. The maximum Gasteiger partial charge on any atom is 0.317 e. The third-order valence-corrected chi connectivity index (χ3v) is 4.65. The zero-order chi connectivity index (χ0) is 13.0. The van der Waals surface area contributed by atoms with Gasteiger partial charge in [-0.3, -0.25) is 0 Å². The second-order valence-corrected chi connectivity index (χ2v) is 5.88. The first kappa shape index (κ1) is 13.7. The van der Waals surface area contributed by atoms with Gasteiger partial charge in [-0.1, -0.05) is 26.2 Å². The van der Waals surface area contributed by atoms with Gasteiger partial charge in [0.05, 0.1) is 12.6 Å². The van der Waals surface area contributed by atoms with E-state index in [1.807, 2.05) is 0 Å². The summed E-state index contributed by atoms with van der Waals surface area (Å²) in [5.74, 6) is 1.36. The summed E-state index contributed by atoms with van der Waals surface area (Å²) in [4.78, 5) is 13.9. The molecule has 1 heterocycles. The van der Waals surface area contributed by atoms with Gasteiger partial charge in [0, 0.05) is 13.1 Å². The Morgan fingerprint density at radius 3 is 2.78 bits per heavy atom. The Bertz CT molecular complexity index is 283. The predicted octanol–water partition coefficient (Wildman–Crippen LogP) is 1.98. The Hall–Kier alpha value is -0.770. The van der Waals surface area contributed by atoms with Crippen molar-refractivity contribution in [1.82, 2.24) is 10.2 Å². The van der Waals surface area contributed by atoms with Crippen LogP contribution >= 0.6 is 0 Å². The number of hydrogen-bond donors (Lipinski definition) is 2. The van der Waals surface area contributed by atoms with Gasteiger partial charge in [0.15, 0.2) is 0 Å². The number of rotatable bonds is 3. The Kier molecular flexibility index (Phi) is 4.87. The van der Waals surface area contributed by atoms with Crippen LogP contribution in [0.2, 0.25) is 0 Å². The van der Waals surface area contributed by atoms with Gasteiger partial charge in [-0.15, -0.1) is 0 Å². The SMILES string of the molecule is CC1CCCCC1CNC(=O)N1CCCC1CO. The lowest BCUT2D eigenvalue weighted by Crippen LogP contribution is -2.46. The number of carbonyl (C=O) groups is 1. The average Bonchev–Trinajstić information content (AvgIpc) is 2.86. The molecule has 1 saturated carbocycles. The van der Waals surface area contributed by atoms with Crippen LogP contribution in [0.5, 0.6) is 0 Å². The first-order valence-corrected chi connectivity index (χ1v) is 7.37. The molecule has 0 radical (unpaired) electrons. The van der Waals surface area contributed by atoms with E-state index in [-0.39, 0.29) is 18.7 Å². The van der Waals surface area contributed by atoms with Crippen molar-refractivity contribution in [2.45, 2.75) is 51.5 Å². The minimum atomic E-state index is 0.0179. The molecule has 0 aromatic carbocycles. The number of likely N-dealkylation sites (tertiary alicyclic amines) is 1. The normalized spacial score (nSPS) is 32.6. The molecule has 3 unspecified atom stereocenters. The summed E-state index contributed by atoms with van der Waals surface area (Å²) >= 11 is 0. The molecule has 1 saturated heterocycles. The van der Waals surface area contributed by atoms with Gasteiger partial charge < -0.3 is 15.3 Å². The number of aliphatic hydroxyl groups excluding tert-OH is 1. The molecule has 4 nitrogen and oxygen atoms in total. The number of nitrogens with zero attached hydrogens (tertiary/aromatic N) is 1. The molecule has 1 aliphatic heterocycles. The molecule has 3 atom stereocenters. The molecule has 0 spiro atoms. The van der Waals surface area contributed by atoms with Gasteiger partial charge in [-0.2, -0.15) is 0 Å². The van der Waals surface area contributed by atoms with Crippen molar-refractivity contribution < 1.29 is 9.90 Å². The fourth-order valence-corrected chi connectivity index (χ4v) is 3.31. The summed E-state index contributed by atoms with van der Waals surface area (Å²) in [7, 11) is 0. The molecule has 1 aliphatic carbocycles. The van der Waals surface area contributed by atoms with Crippen LogP contribution in [0.4, 0.5) is 4.79 Å². The molecule has 18 heavy (non-hydrogen) atoms.